The highest BCUT2D eigenvalue weighted by Crippen LogP contribution is 2.11. The molecule has 0 aliphatic rings. The summed E-state index contributed by atoms with van der Waals surface area (Å²) in [6.07, 6.45) is 22.0. The number of rotatable bonds is 20. The number of unbranched alkanes of at least 4 members (excludes halogenated alkanes) is 11. The Hall–Kier alpha value is -2.10. The third kappa shape index (κ3) is 15.7. The van der Waals surface area contributed by atoms with Crippen molar-refractivity contribution in [1.29, 1.82) is 0 Å². The molecule has 4 heteroatoms. The summed E-state index contributed by atoms with van der Waals surface area (Å²) in [5.74, 6) is -1.11. The van der Waals surface area contributed by atoms with E-state index in [9.17, 15) is 14.7 Å². The van der Waals surface area contributed by atoms with E-state index in [1.54, 1.807) is 0 Å². The van der Waals surface area contributed by atoms with Gasteiger partial charge in [0, 0.05) is 6.42 Å². The number of aliphatic carboxylic acids is 1. The minimum absolute atomic E-state index is 0.150. The van der Waals surface area contributed by atoms with Crippen LogP contribution in [0, 0.1) is 0 Å². The lowest BCUT2D eigenvalue weighted by Crippen LogP contribution is -2.41. The first kappa shape index (κ1) is 27.9. The zero-order valence-corrected chi connectivity index (χ0v) is 20.2. The van der Waals surface area contributed by atoms with Crippen LogP contribution in [0.5, 0.6) is 0 Å². The van der Waals surface area contributed by atoms with Crippen molar-refractivity contribution in [2.45, 2.75) is 116 Å². The Morgan fingerprint density at radius 3 is 2.00 bits per heavy atom. The predicted octanol–water partition coefficient (Wildman–Crippen LogP) is 7.23. The van der Waals surface area contributed by atoms with E-state index in [2.05, 4.69) is 24.4 Å². The number of carbonyl (C=O) groups excluding carboxylic acids is 1. The standard InChI is InChI=1S/C28H45NO3/c1-2-3-4-5-6-7-8-9-10-11-12-13-14-15-19-22-27(30)29-26(28(31)32)24-23-25-20-17-16-18-21-25/h9-10,16-18,20-21,26H,2-8,11-15,19,22-24H2,1H3,(H,29,30)(H,31,32)/b10-9-/t26-/m1/s1. The van der Waals surface area contributed by atoms with Gasteiger partial charge in [-0.2, -0.15) is 0 Å². The van der Waals surface area contributed by atoms with Gasteiger partial charge in [0.15, 0.2) is 0 Å². The van der Waals surface area contributed by atoms with Crippen molar-refractivity contribution in [3.63, 3.8) is 0 Å². The van der Waals surface area contributed by atoms with E-state index in [-0.39, 0.29) is 5.91 Å². The van der Waals surface area contributed by atoms with Crippen LogP contribution in [0.3, 0.4) is 0 Å². The summed E-state index contributed by atoms with van der Waals surface area (Å²) in [4.78, 5) is 23.6. The fraction of sp³-hybridized carbons (Fsp3) is 0.643. The zero-order chi connectivity index (χ0) is 23.3. The van der Waals surface area contributed by atoms with Gasteiger partial charge in [-0.1, -0.05) is 101 Å². The third-order valence-corrected chi connectivity index (χ3v) is 5.86. The Balaban J connectivity index is 1.99. The van der Waals surface area contributed by atoms with Gasteiger partial charge in [-0.15, -0.1) is 0 Å². The monoisotopic (exact) mass is 443 g/mol. The average molecular weight is 444 g/mol. The van der Waals surface area contributed by atoms with Crippen LogP contribution < -0.4 is 5.32 Å². The summed E-state index contributed by atoms with van der Waals surface area (Å²) >= 11 is 0. The van der Waals surface area contributed by atoms with Gasteiger partial charge in [0.2, 0.25) is 5.91 Å². The van der Waals surface area contributed by atoms with Gasteiger partial charge in [0.1, 0.15) is 6.04 Å². The molecule has 1 amide bonds. The van der Waals surface area contributed by atoms with Gasteiger partial charge >= 0.3 is 5.97 Å². The number of aryl methyl sites for hydroxylation is 1. The molecule has 2 N–H and O–H groups in total. The number of nitrogens with one attached hydrogen (secondary N) is 1. The maximum atomic E-state index is 12.1. The fourth-order valence-electron chi connectivity index (χ4n) is 3.84. The fourth-order valence-corrected chi connectivity index (χ4v) is 3.84. The molecule has 1 rings (SSSR count). The van der Waals surface area contributed by atoms with Crippen molar-refractivity contribution in [2.75, 3.05) is 0 Å². The topological polar surface area (TPSA) is 66.4 Å². The van der Waals surface area contributed by atoms with E-state index in [1.807, 2.05) is 30.3 Å². The summed E-state index contributed by atoms with van der Waals surface area (Å²) in [6, 6.07) is 8.96. The van der Waals surface area contributed by atoms with Crippen LogP contribution in [-0.4, -0.2) is 23.0 Å². The molecule has 0 radical (unpaired) electrons. The molecule has 180 valence electrons. The smallest absolute Gasteiger partial charge is 0.326 e. The Bertz CT molecular complexity index is 627. The summed E-state index contributed by atoms with van der Waals surface area (Å²) in [7, 11) is 0. The maximum Gasteiger partial charge on any atom is 0.326 e. The second-order valence-corrected chi connectivity index (χ2v) is 8.82. The highest BCUT2D eigenvalue weighted by atomic mass is 16.4. The van der Waals surface area contributed by atoms with Crippen molar-refractivity contribution < 1.29 is 14.7 Å². The Kier molecular flexibility index (Phi) is 17.1. The highest BCUT2D eigenvalue weighted by Gasteiger charge is 2.19. The van der Waals surface area contributed by atoms with E-state index in [0.717, 1.165) is 31.2 Å². The van der Waals surface area contributed by atoms with Gasteiger partial charge in [-0.25, -0.2) is 4.79 Å². The third-order valence-electron chi connectivity index (χ3n) is 5.86. The molecular weight excluding hydrogens is 398 g/mol. The Morgan fingerprint density at radius 2 is 1.41 bits per heavy atom. The summed E-state index contributed by atoms with van der Waals surface area (Å²) in [5.41, 5.74) is 1.09. The van der Waals surface area contributed by atoms with Gasteiger partial charge in [-0.3, -0.25) is 4.79 Å². The molecule has 0 fully saturated rings. The molecule has 0 heterocycles. The second kappa shape index (κ2) is 19.6. The Labute approximate surface area is 195 Å². The molecule has 0 saturated heterocycles. The summed E-state index contributed by atoms with van der Waals surface area (Å²) in [6.45, 7) is 2.26. The van der Waals surface area contributed by atoms with Crippen LogP contribution in [0.4, 0.5) is 0 Å². The number of hydrogen-bond donors (Lipinski definition) is 2. The van der Waals surface area contributed by atoms with E-state index >= 15 is 0 Å². The van der Waals surface area contributed by atoms with Crippen LogP contribution in [0.1, 0.15) is 109 Å². The minimum Gasteiger partial charge on any atom is -0.480 e. The first-order chi connectivity index (χ1) is 15.6. The number of carbonyl (C=O) groups is 2. The predicted molar refractivity (Wildman–Crippen MR) is 134 cm³/mol. The SMILES string of the molecule is CCCCCCCC/C=C\CCCCCCCC(=O)N[C@H](CCc1ccccc1)C(=O)O. The molecule has 1 aromatic carbocycles. The molecule has 4 nitrogen and oxygen atoms in total. The van der Waals surface area contributed by atoms with Crippen LogP contribution in [0.2, 0.25) is 0 Å². The number of carboxylic acids is 1. The first-order valence-electron chi connectivity index (χ1n) is 12.8. The lowest BCUT2D eigenvalue weighted by molar-refractivity contribution is -0.142. The minimum atomic E-state index is -0.959. The van der Waals surface area contributed by atoms with Gasteiger partial charge < -0.3 is 10.4 Å². The quantitative estimate of drug-likeness (QED) is 0.165. The number of amides is 1. The summed E-state index contributed by atoms with van der Waals surface area (Å²) in [5, 5.41) is 12.1. The summed E-state index contributed by atoms with van der Waals surface area (Å²) < 4.78 is 0. The van der Waals surface area contributed by atoms with E-state index in [1.165, 1.54) is 57.8 Å². The first-order valence-corrected chi connectivity index (χ1v) is 12.8. The van der Waals surface area contributed by atoms with Crippen molar-refractivity contribution in [1.82, 2.24) is 5.32 Å². The molecule has 32 heavy (non-hydrogen) atoms. The van der Waals surface area contributed by atoms with Crippen LogP contribution in [-0.2, 0) is 16.0 Å². The molecule has 0 aromatic heterocycles. The van der Waals surface area contributed by atoms with E-state index < -0.39 is 12.0 Å². The normalized spacial score (nSPS) is 12.2. The van der Waals surface area contributed by atoms with Crippen molar-refractivity contribution in [2.24, 2.45) is 0 Å². The lowest BCUT2D eigenvalue weighted by Gasteiger charge is -2.14. The van der Waals surface area contributed by atoms with Crippen molar-refractivity contribution >= 4 is 11.9 Å². The molecule has 0 spiro atoms. The molecular formula is C28H45NO3. The Morgan fingerprint density at radius 1 is 0.844 bits per heavy atom. The number of benzene rings is 1. The largest absolute Gasteiger partial charge is 0.480 e. The molecule has 0 saturated carbocycles. The van der Waals surface area contributed by atoms with Crippen LogP contribution >= 0.6 is 0 Å². The number of hydrogen-bond acceptors (Lipinski definition) is 2. The van der Waals surface area contributed by atoms with Crippen LogP contribution in [0.15, 0.2) is 42.5 Å². The zero-order valence-electron chi connectivity index (χ0n) is 20.2. The van der Waals surface area contributed by atoms with Crippen molar-refractivity contribution in [3.8, 4) is 0 Å². The van der Waals surface area contributed by atoms with E-state index in [0.29, 0.717) is 19.3 Å². The molecule has 0 aliphatic heterocycles. The van der Waals surface area contributed by atoms with Gasteiger partial charge in [0.25, 0.3) is 0 Å². The average Bonchev–Trinajstić information content (AvgIpc) is 2.79. The molecule has 0 bridgehead atoms. The van der Waals surface area contributed by atoms with Gasteiger partial charge in [-0.05, 0) is 50.5 Å². The molecule has 1 atom stereocenters. The number of allylic oxidation sites excluding steroid dienone is 2. The highest BCUT2D eigenvalue weighted by molar-refractivity contribution is 5.83. The second-order valence-electron chi connectivity index (χ2n) is 8.82. The molecule has 0 aliphatic carbocycles. The van der Waals surface area contributed by atoms with Crippen molar-refractivity contribution in [3.05, 3.63) is 48.0 Å². The molecule has 1 aromatic rings. The lowest BCUT2D eigenvalue weighted by atomic mass is 10.0. The maximum absolute atomic E-state index is 12.1. The van der Waals surface area contributed by atoms with E-state index in [4.69, 9.17) is 0 Å². The molecule has 0 unspecified atom stereocenters. The van der Waals surface area contributed by atoms with Crippen LogP contribution in [0.25, 0.3) is 0 Å². The van der Waals surface area contributed by atoms with Gasteiger partial charge in [0.05, 0.1) is 0 Å². The number of carboxylic acid groups (broad SMARTS) is 1.